The molecule has 2 fully saturated rings. The maximum Gasteiger partial charge on any atom is 0.308 e. The number of rotatable bonds is 7. The van der Waals surface area contributed by atoms with Crippen molar-refractivity contribution in [3.63, 3.8) is 0 Å². The van der Waals surface area contributed by atoms with Crippen LogP contribution in [0.2, 0.25) is 0 Å². The molecule has 2 rings (SSSR count). The zero-order chi connectivity index (χ0) is 16.3. The topological polar surface area (TPSA) is 106 Å². The Morgan fingerprint density at radius 2 is 2.09 bits per heavy atom. The van der Waals surface area contributed by atoms with E-state index in [0.717, 1.165) is 0 Å². The lowest BCUT2D eigenvalue weighted by Gasteiger charge is -2.16. The van der Waals surface area contributed by atoms with Crippen LogP contribution in [0, 0.1) is 5.92 Å². The maximum atomic E-state index is 11.7. The Labute approximate surface area is 129 Å². The van der Waals surface area contributed by atoms with Crippen molar-refractivity contribution in [2.24, 2.45) is 11.0 Å². The van der Waals surface area contributed by atoms with Crippen molar-refractivity contribution in [1.82, 2.24) is 0 Å². The second-order valence-electron chi connectivity index (χ2n) is 6.06. The predicted molar refractivity (Wildman–Crippen MR) is 76.9 cm³/mol. The highest BCUT2D eigenvalue weighted by Gasteiger charge is 2.55. The van der Waals surface area contributed by atoms with E-state index in [0.29, 0.717) is 12.8 Å². The fourth-order valence-corrected chi connectivity index (χ4v) is 2.91. The molecule has 2 aliphatic heterocycles. The standard InChI is InChI=1S/C14H23N3O5/c1-5-8(13(18)19-4)6-9-11(20-9)12-10(7-16-17-15)21-14(2,3)22-12/h8-12H,5-7H2,1-4H3/t8?,9-,10+,11+,12+/m0/s1. The van der Waals surface area contributed by atoms with Crippen molar-refractivity contribution in [2.75, 3.05) is 13.7 Å². The van der Waals surface area contributed by atoms with E-state index >= 15 is 0 Å². The second kappa shape index (κ2) is 6.83. The zero-order valence-corrected chi connectivity index (χ0v) is 13.4. The van der Waals surface area contributed by atoms with Crippen molar-refractivity contribution in [2.45, 2.75) is 63.8 Å². The molecule has 1 unspecified atom stereocenters. The molecule has 0 saturated carbocycles. The Morgan fingerprint density at radius 3 is 2.68 bits per heavy atom. The summed E-state index contributed by atoms with van der Waals surface area (Å²) in [6.45, 7) is 5.78. The molecule has 0 radical (unpaired) electrons. The van der Waals surface area contributed by atoms with Crippen LogP contribution in [0.25, 0.3) is 10.4 Å². The first-order valence-corrected chi connectivity index (χ1v) is 7.51. The molecule has 0 aromatic heterocycles. The molecule has 2 saturated heterocycles. The van der Waals surface area contributed by atoms with E-state index in [-0.39, 0.29) is 42.8 Å². The fourth-order valence-electron chi connectivity index (χ4n) is 2.91. The number of hydrogen-bond acceptors (Lipinski definition) is 6. The highest BCUT2D eigenvalue weighted by atomic mass is 16.8. The third-order valence-corrected chi connectivity index (χ3v) is 4.04. The Bertz CT molecular complexity index is 463. The summed E-state index contributed by atoms with van der Waals surface area (Å²) in [7, 11) is 1.39. The van der Waals surface area contributed by atoms with Crippen molar-refractivity contribution in [3.8, 4) is 0 Å². The van der Waals surface area contributed by atoms with Gasteiger partial charge in [0.15, 0.2) is 5.79 Å². The van der Waals surface area contributed by atoms with Crippen LogP contribution in [0.5, 0.6) is 0 Å². The molecule has 22 heavy (non-hydrogen) atoms. The Kier molecular flexibility index (Phi) is 5.28. The van der Waals surface area contributed by atoms with Crippen LogP contribution >= 0.6 is 0 Å². The van der Waals surface area contributed by atoms with Crippen molar-refractivity contribution in [3.05, 3.63) is 10.4 Å². The highest BCUT2D eigenvalue weighted by molar-refractivity contribution is 5.72. The molecule has 0 aromatic rings. The average molecular weight is 313 g/mol. The molecular formula is C14H23N3O5. The summed E-state index contributed by atoms with van der Waals surface area (Å²) in [4.78, 5) is 14.4. The number of carbonyl (C=O) groups excluding carboxylic acids is 1. The van der Waals surface area contributed by atoms with Crippen LogP contribution in [-0.2, 0) is 23.7 Å². The van der Waals surface area contributed by atoms with Gasteiger partial charge in [0.2, 0.25) is 0 Å². The molecular weight excluding hydrogens is 290 g/mol. The Morgan fingerprint density at radius 1 is 1.36 bits per heavy atom. The lowest BCUT2D eigenvalue weighted by molar-refractivity contribution is -0.147. The molecule has 0 spiro atoms. The van der Waals surface area contributed by atoms with Gasteiger partial charge in [0.25, 0.3) is 0 Å². The van der Waals surface area contributed by atoms with E-state index in [1.54, 1.807) is 0 Å². The number of methoxy groups -OCH3 is 1. The third kappa shape index (κ3) is 3.89. The van der Waals surface area contributed by atoms with E-state index in [1.165, 1.54) is 7.11 Å². The van der Waals surface area contributed by atoms with Crippen molar-refractivity contribution in [1.29, 1.82) is 0 Å². The maximum absolute atomic E-state index is 11.7. The van der Waals surface area contributed by atoms with E-state index in [9.17, 15) is 4.79 Å². The summed E-state index contributed by atoms with van der Waals surface area (Å²) in [5.41, 5.74) is 8.47. The van der Waals surface area contributed by atoms with Gasteiger partial charge < -0.3 is 18.9 Å². The quantitative estimate of drug-likeness (QED) is 0.235. The number of esters is 1. The van der Waals surface area contributed by atoms with Crippen molar-refractivity contribution >= 4 is 5.97 Å². The number of azide groups is 1. The molecule has 0 aliphatic carbocycles. The van der Waals surface area contributed by atoms with Gasteiger partial charge in [0, 0.05) is 4.91 Å². The lowest BCUT2D eigenvalue weighted by Crippen LogP contribution is -2.32. The Hall–Kier alpha value is -1.34. The summed E-state index contributed by atoms with van der Waals surface area (Å²) in [5, 5.41) is 3.57. The summed E-state index contributed by atoms with van der Waals surface area (Å²) in [6.07, 6.45) is 0.483. The summed E-state index contributed by atoms with van der Waals surface area (Å²) >= 11 is 0. The number of ether oxygens (including phenoxy) is 4. The van der Waals surface area contributed by atoms with Crippen LogP contribution in [0.1, 0.15) is 33.6 Å². The van der Waals surface area contributed by atoms with Gasteiger partial charge in [0.05, 0.1) is 31.8 Å². The van der Waals surface area contributed by atoms with Gasteiger partial charge in [-0.1, -0.05) is 12.0 Å². The summed E-state index contributed by atoms with van der Waals surface area (Å²) in [5.74, 6) is -1.12. The minimum atomic E-state index is -0.733. The normalized spacial score (nSPS) is 33.8. The first kappa shape index (κ1) is 17.0. The predicted octanol–water partition coefficient (Wildman–Crippen LogP) is 2.17. The van der Waals surface area contributed by atoms with Gasteiger partial charge in [-0.15, -0.1) is 0 Å². The molecule has 0 aromatic carbocycles. The molecule has 2 aliphatic rings. The van der Waals surface area contributed by atoms with Gasteiger partial charge in [-0.05, 0) is 32.2 Å². The van der Waals surface area contributed by atoms with Crippen LogP contribution in [0.4, 0.5) is 0 Å². The number of carbonyl (C=O) groups is 1. The van der Waals surface area contributed by atoms with Crippen LogP contribution < -0.4 is 0 Å². The van der Waals surface area contributed by atoms with Gasteiger partial charge in [0.1, 0.15) is 12.2 Å². The molecule has 124 valence electrons. The molecule has 2 heterocycles. The molecule has 0 bridgehead atoms. The fraction of sp³-hybridized carbons (Fsp3) is 0.929. The highest BCUT2D eigenvalue weighted by Crippen LogP contribution is 2.41. The molecule has 8 nitrogen and oxygen atoms in total. The first-order valence-electron chi connectivity index (χ1n) is 7.51. The Balaban J connectivity index is 1.94. The molecule has 5 atom stereocenters. The van der Waals surface area contributed by atoms with E-state index in [1.807, 2.05) is 20.8 Å². The van der Waals surface area contributed by atoms with Crippen LogP contribution in [-0.4, -0.2) is 49.8 Å². The van der Waals surface area contributed by atoms with E-state index < -0.39 is 5.79 Å². The minimum Gasteiger partial charge on any atom is -0.469 e. The van der Waals surface area contributed by atoms with Gasteiger partial charge in [-0.25, -0.2) is 0 Å². The lowest BCUT2D eigenvalue weighted by atomic mass is 9.97. The van der Waals surface area contributed by atoms with Crippen LogP contribution in [0.3, 0.4) is 0 Å². The number of hydrogen-bond donors (Lipinski definition) is 0. The monoisotopic (exact) mass is 313 g/mol. The van der Waals surface area contributed by atoms with Gasteiger partial charge >= 0.3 is 5.97 Å². The zero-order valence-electron chi connectivity index (χ0n) is 13.4. The van der Waals surface area contributed by atoms with Crippen LogP contribution in [0.15, 0.2) is 5.11 Å². The second-order valence-corrected chi connectivity index (χ2v) is 6.06. The van der Waals surface area contributed by atoms with Crippen molar-refractivity contribution < 1.29 is 23.7 Å². The largest absolute Gasteiger partial charge is 0.469 e. The molecule has 0 N–H and O–H groups in total. The van der Waals surface area contributed by atoms with Gasteiger partial charge in [-0.3, -0.25) is 4.79 Å². The molecule has 0 amide bonds. The number of nitrogens with zero attached hydrogens (tertiary/aromatic N) is 3. The SMILES string of the molecule is CCC(C[C@@H]1O[C@H]1[C@@H]1OC(C)(C)O[C@@H]1CN=[N+]=[N-])C(=O)OC. The average Bonchev–Trinajstić information content (AvgIpc) is 3.18. The van der Waals surface area contributed by atoms with E-state index in [4.69, 9.17) is 24.5 Å². The van der Waals surface area contributed by atoms with Gasteiger partial charge in [-0.2, -0.15) is 0 Å². The smallest absolute Gasteiger partial charge is 0.308 e. The summed E-state index contributed by atoms with van der Waals surface area (Å²) < 4.78 is 22.1. The number of epoxide rings is 1. The summed E-state index contributed by atoms with van der Waals surface area (Å²) in [6, 6.07) is 0. The van der Waals surface area contributed by atoms with E-state index in [2.05, 4.69) is 10.0 Å². The minimum absolute atomic E-state index is 0.0554. The first-order chi connectivity index (χ1) is 10.4. The third-order valence-electron chi connectivity index (χ3n) is 4.04. The molecule has 8 heteroatoms.